The number of carboxylic acid groups (broad SMARTS) is 1. The molecule has 2 heterocycles. The van der Waals surface area contributed by atoms with Gasteiger partial charge in [-0.1, -0.05) is 11.6 Å². The molecule has 0 aliphatic carbocycles. The molecule has 3 aromatic rings. The van der Waals surface area contributed by atoms with Crippen LogP contribution in [-0.4, -0.2) is 80.5 Å². The number of halogens is 2. The maximum absolute atomic E-state index is 14.3. The number of aromatic nitrogens is 3. The number of ether oxygens (including phenoxy) is 1. The highest BCUT2D eigenvalue weighted by Gasteiger charge is 2.23. The van der Waals surface area contributed by atoms with E-state index in [1.54, 1.807) is 39.0 Å². The molecule has 0 aliphatic heterocycles. The quantitative estimate of drug-likeness (QED) is 0.254. The van der Waals surface area contributed by atoms with Crippen molar-refractivity contribution in [3.63, 3.8) is 0 Å². The van der Waals surface area contributed by atoms with Crippen molar-refractivity contribution in [1.29, 1.82) is 0 Å². The van der Waals surface area contributed by atoms with Gasteiger partial charge in [0.25, 0.3) is 0 Å². The number of nitrogens with zero attached hydrogens (tertiary/aromatic N) is 5. The predicted octanol–water partition coefficient (Wildman–Crippen LogP) is 5.64. The first kappa shape index (κ1) is 32.0. The monoisotopic (exact) mass is 601 g/mol. The summed E-state index contributed by atoms with van der Waals surface area (Å²) < 4.78 is 19.7. The number of carbonyl (C=O) groups excluding carboxylic acids is 2. The average molecular weight is 602 g/mol. The van der Waals surface area contributed by atoms with Gasteiger partial charge in [-0.2, -0.15) is 10.2 Å². The lowest BCUT2D eigenvalue weighted by atomic mass is 10.1. The van der Waals surface area contributed by atoms with Gasteiger partial charge in [-0.15, -0.1) is 0 Å². The highest BCUT2D eigenvalue weighted by molar-refractivity contribution is 6.30. The van der Waals surface area contributed by atoms with E-state index in [0.717, 1.165) is 4.90 Å². The lowest BCUT2D eigenvalue weighted by Gasteiger charge is -2.27. The SMILES string of the molecule is CN(CCCN(CCC(=O)Nc1cc(Nc2cnnc(-c3cc(Cl)ccc3F)c2)ccn1)C(=O)OC(C)(C)C)C(=O)O. The standard InChI is InChI=1S/C28H33ClFN7O5/c1-28(2,3)42-27(41)37(12-5-11-36(4)26(39)40)13-9-25(38)34-24-16-19(8-10-31-24)33-20-15-23(35-32-17-20)21-14-18(29)6-7-22(21)30/h6-8,10,14-17H,5,9,11-13H2,1-4H3,(H,39,40)(H2,31,33,34,35,38). The molecule has 0 unspecified atom stereocenters. The van der Waals surface area contributed by atoms with Crippen LogP contribution in [0.3, 0.4) is 0 Å². The zero-order chi connectivity index (χ0) is 30.9. The van der Waals surface area contributed by atoms with Gasteiger partial charge < -0.3 is 30.3 Å². The summed E-state index contributed by atoms with van der Waals surface area (Å²) in [6, 6.07) is 9.05. The first-order chi connectivity index (χ1) is 19.8. The number of carbonyl (C=O) groups is 3. The summed E-state index contributed by atoms with van der Waals surface area (Å²) >= 11 is 6.00. The van der Waals surface area contributed by atoms with Crippen molar-refractivity contribution in [3.05, 3.63) is 59.6 Å². The molecule has 14 heteroatoms. The van der Waals surface area contributed by atoms with E-state index in [1.165, 1.54) is 42.5 Å². The average Bonchev–Trinajstić information content (AvgIpc) is 2.91. The van der Waals surface area contributed by atoms with Crippen LogP contribution >= 0.6 is 11.6 Å². The summed E-state index contributed by atoms with van der Waals surface area (Å²) in [4.78, 5) is 43.1. The molecule has 0 saturated carbocycles. The molecule has 0 atom stereocenters. The molecule has 3 N–H and O–H groups in total. The molecule has 0 fully saturated rings. The van der Waals surface area contributed by atoms with Gasteiger partial charge in [0.05, 0.1) is 17.6 Å². The Bertz CT molecular complexity index is 1420. The van der Waals surface area contributed by atoms with E-state index < -0.39 is 23.6 Å². The Morgan fingerprint density at radius 2 is 1.83 bits per heavy atom. The first-order valence-electron chi connectivity index (χ1n) is 13.0. The first-order valence-corrected chi connectivity index (χ1v) is 13.4. The van der Waals surface area contributed by atoms with Crippen LogP contribution in [0.15, 0.2) is 48.8 Å². The molecule has 0 radical (unpaired) electrons. The van der Waals surface area contributed by atoms with Crippen LogP contribution < -0.4 is 10.6 Å². The van der Waals surface area contributed by atoms with E-state index in [9.17, 15) is 18.8 Å². The second-order valence-corrected chi connectivity index (χ2v) is 10.8. The molecule has 1 aromatic carbocycles. The Morgan fingerprint density at radius 1 is 1.07 bits per heavy atom. The molecule has 0 bridgehead atoms. The summed E-state index contributed by atoms with van der Waals surface area (Å²) in [6.07, 6.45) is 1.61. The highest BCUT2D eigenvalue weighted by atomic mass is 35.5. The third kappa shape index (κ3) is 10.1. The van der Waals surface area contributed by atoms with E-state index in [4.69, 9.17) is 21.4 Å². The van der Waals surface area contributed by atoms with Gasteiger partial charge in [0.1, 0.15) is 17.2 Å². The fourth-order valence-electron chi connectivity index (χ4n) is 3.66. The fourth-order valence-corrected chi connectivity index (χ4v) is 3.83. The van der Waals surface area contributed by atoms with Crippen molar-refractivity contribution in [3.8, 4) is 11.3 Å². The Morgan fingerprint density at radius 3 is 2.55 bits per heavy atom. The number of amides is 3. The number of rotatable bonds is 11. The number of benzene rings is 1. The molecule has 42 heavy (non-hydrogen) atoms. The van der Waals surface area contributed by atoms with Crippen molar-refractivity contribution in [1.82, 2.24) is 25.0 Å². The Labute approximate surface area is 247 Å². The molecule has 0 saturated heterocycles. The van der Waals surface area contributed by atoms with Crippen LogP contribution in [0.1, 0.15) is 33.6 Å². The van der Waals surface area contributed by atoms with E-state index in [2.05, 4.69) is 25.8 Å². The van der Waals surface area contributed by atoms with E-state index in [0.29, 0.717) is 22.8 Å². The lowest BCUT2D eigenvalue weighted by Crippen LogP contribution is -2.40. The molecular formula is C28H33ClFN7O5. The molecule has 224 valence electrons. The summed E-state index contributed by atoms with van der Waals surface area (Å²) in [5.41, 5.74) is 0.843. The second-order valence-electron chi connectivity index (χ2n) is 10.3. The Kier molecular flexibility index (Phi) is 11.0. The number of hydrogen-bond donors (Lipinski definition) is 3. The van der Waals surface area contributed by atoms with Crippen LogP contribution in [0.25, 0.3) is 11.3 Å². The largest absolute Gasteiger partial charge is 0.465 e. The van der Waals surface area contributed by atoms with Crippen LogP contribution in [-0.2, 0) is 9.53 Å². The Hall–Kier alpha value is -4.52. The van der Waals surface area contributed by atoms with Crippen LogP contribution in [0.2, 0.25) is 5.02 Å². The van der Waals surface area contributed by atoms with Crippen molar-refractivity contribution < 1.29 is 28.6 Å². The minimum Gasteiger partial charge on any atom is -0.465 e. The molecule has 12 nitrogen and oxygen atoms in total. The zero-order valence-corrected chi connectivity index (χ0v) is 24.5. The van der Waals surface area contributed by atoms with Gasteiger partial charge in [0.15, 0.2) is 0 Å². The minimum atomic E-state index is -1.07. The number of nitrogens with one attached hydrogen (secondary N) is 2. The predicted molar refractivity (Wildman–Crippen MR) is 156 cm³/mol. The summed E-state index contributed by atoms with van der Waals surface area (Å²) in [6.45, 7) is 5.68. The van der Waals surface area contributed by atoms with Crippen molar-refractivity contribution in [2.75, 3.05) is 37.3 Å². The smallest absolute Gasteiger partial charge is 0.410 e. The van der Waals surface area contributed by atoms with Crippen molar-refractivity contribution in [2.24, 2.45) is 0 Å². The van der Waals surface area contributed by atoms with Gasteiger partial charge in [-0.05, 0) is 57.5 Å². The fraction of sp³-hybridized carbons (Fsp3) is 0.357. The second kappa shape index (κ2) is 14.4. The number of hydrogen-bond acceptors (Lipinski definition) is 8. The topological polar surface area (TPSA) is 150 Å². The van der Waals surface area contributed by atoms with Crippen molar-refractivity contribution in [2.45, 2.75) is 39.2 Å². The molecule has 3 amide bonds. The third-order valence-corrected chi connectivity index (χ3v) is 5.92. The zero-order valence-electron chi connectivity index (χ0n) is 23.7. The van der Waals surface area contributed by atoms with E-state index >= 15 is 0 Å². The lowest BCUT2D eigenvalue weighted by molar-refractivity contribution is -0.116. The third-order valence-electron chi connectivity index (χ3n) is 5.68. The summed E-state index contributed by atoms with van der Waals surface area (Å²) in [7, 11) is 1.44. The van der Waals surface area contributed by atoms with Gasteiger partial charge in [-0.25, -0.2) is 19.0 Å². The van der Waals surface area contributed by atoms with Crippen LogP contribution in [0.5, 0.6) is 0 Å². The van der Waals surface area contributed by atoms with Gasteiger partial charge in [0.2, 0.25) is 5.91 Å². The maximum atomic E-state index is 14.3. The van der Waals surface area contributed by atoms with Gasteiger partial charge >= 0.3 is 12.2 Å². The molecule has 3 rings (SSSR count). The minimum absolute atomic E-state index is 0.0455. The Balaban J connectivity index is 1.62. The van der Waals surface area contributed by atoms with Gasteiger partial charge in [0, 0.05) is 61.6 Å². The van der Waals surface area contributed by atoms with E-state index in [-0.39, 0.29) is 49.0 Å². The molecular weight excluding hydrogens is 569 g/mol. The van der Waals surface area contributed by atoms with Crippen LogP contribution in [0, 0.1) is 5.82 Å². The van der Waals surface area contributed by atoms with E-state index in [1.807, 2.05) is 0 Å². The molecule has 0 spiro atoms. The summed E-state index contributed by atoms with van der Waals surface area (Å²) in [5, 5.41) is 23.2. The van der Waals surface area contributed by atoms with Crippen LogP contribution in [0.4, 0.5) is 31.2 Å². The normalized spacial score (nSPS) is 11.0. The number of anilines is 3. The van der Waals surface area contributed by atoms with Crippen molar-refractivity contribution >= 4 is 46.9 Å². The van der Waals surface area contributed by atoms with Gasteiger partial charge in [-0.3, -0.25) is 4.79 Å². The number of pyridine rings is 1. The highest BCUT2D eigenvalue weighted by Crippen LogP contribution is 2.27. The summed E-state index contributed by atoms with van der Waals surface area (Å²) in [5.74, 6) is -0.613. The molecule has 2 aromatic heterocycles. The molecule has 0 aliphatic rings. The maximum Gasteiger partial charge on any atom is 0.410 e.